The first-order valence-corrected chi connectivity index (χ1v) is 14.1. The summed E-state index contributed by atoms with van der Waals surface area (Å²) in [5.41, 5.74) is 8.11. The van der Waals surface area contributed by atoms with Gasteiger partial charge >= 0.3 is 5.97 Å². The molecular weight excluding hydrogens is 502 g/mol. The third kappa shape index (κ3) is 5.37. The van der Waals surface area contributed by atoms with E-state index in [4.69, 9.17) is 4.74 Å². The number of anilines is 1. The average molecular weight is 536 g/mol. The quantitative estimate of drug-likeness (QED) is 0.269. The van der Waals surface area contributed by atoms with Gasteiger partial charge in [0.15, 0.2) is 0 Å². The molecule has 6 rings (SSSR count). The molecule has 2 heterocycles. The van der Waals surface area contributed by atoms with Crippen LogP contribution < -0.4 is 9.64 Å². The zero-order valence-corrected chi connectivity index (χ0v) is 22.5. The first-order valence-electron chi connectivity index (χ1n) is 14.1. The van der Waals surface area contributed by atoms with E-state index < -0.39 is 5.97 Å². The van der Waals surface area contributed by atoms with Crippen molar-refractivity contribution in [3.8, 4) is 16.9 Å². The van der Waals surface area contributed by atoms with E-state index in [0.29, 0.717) is 26.0 Å². The number of fused-ring (bicyclic) bond motifs is 2. The van der Waals surface area contributed by atoms with Gasteiger partial charge in [0.2, 0.25) is 5.91 Å². The largest absolute Gasteiger partial charge is 0.493 e. The second kappa shape index (κ2) is 11.4. The molecule has 1 aliphatic heterocycles. The van der Waals surface area contributed by atoms with Crippen LogP contribution in [0.5, 0.6) is 5.75 Å². The van der Waals surface area contributed by atoms with E-state index in [1.165, 1.54) is 23.1 Å². The molecule has 0 atom stereocenters. The number of aromatic carboxylic acids is 1. The number of benzene rings is 3. The number of carbonyl (C=O) groups is 2. The smallest absolute Gasteiger partial charge is 0.335 e. The molecule has 0 fully saturated rings. The van der Waals surface area contributed by atoms with Crippen molar-refractivity contribution in [3.05, 3.63) is 101 Å². The van der Waals surface area contributed by atoms with E-state index >= 15 is 0 Å². The molecule has 1 N–H and O–H groups in total. The number of nitrogens with zero attached hydrogens (tertiary/aromatic N) is 3. The summed E-state index contributed by atoms with van der Waals surface area (Å²) in [6.45, 7) is 1.74. The van der Waals surface area contributed by atoms with Crippen LogP contribution in [0.25, 0.3) is 11.1 Å². The van der Waals surface area contributed by atoms with Crippen LogP contribution in [-0.2, 0) is 30.6 Å². The lowest BCUT2D eigenvalue weighted by Gasteiger charge is -2.31. The lowest BCUT2D eigenvalue weighted by molar-refractivity contribution is -0.118. The maximum atomic E-state index is 13.3. The molecule has 1 aliphatic carbocycles. The van der Waals surface area contributed by atoms with Gasteiger partial charge < -0.3 is 14.7 Å². The number of aromatic nitrogens is 2. The fourth-order valence-electron chi connectivity index (χ4n) is 5.99. The van der Waals surface area contributed by atoms with Crippen LogP contribution in [-0.4, -0.2) is 39.9 Å². The maximum Gasteiger partial charge on any atom is 0.335 e. The molecule has 4 aromatic rings. The van der Waals surface area contributed by atoms with Gasteiger partial charge in [-0.05, 0) is 90.6 Å². The number of hydrogen-bond donors (Lipinski definition) is 1. The van der Waals surface area contributed by atoms with Crippen LogP contribution in [0.15, 0.2) is 73.1 Å². The van der Waals surface area contributed by atoms with Crippen LogP contribution in [0.1, 0.15) is 58.3 Å². The predicted molar refractivity (Wildman–Crippen MR) is 154 cm³/mol. The van der Waals surface area contributed by atoms with Crippen molar-refractivity contribution >= 4 is 17.6 Å². The zero-order valence-electron chi connectivity index (χ0n) is 22.5. The van der Waals surface area contributed by atoms with Crippen molar-refractivity contribution in [3.63, 3.8) is 0 Å². The minimum Gasteiger partial charge on any atom is -0.493 e. The molecule has 0 unspecified atom stereocenters. The molecule has 0 saturated heterocycles. The third-order valence-electron chi connectivity index (χ3n) is 7.91. The molecule has 7 nitrogen and oxygen atoms in total. The molecule has 2 aliphatic rings. The molecule has 204 valence electrons. The van der Waals surface area contributed by atoms with Crippen molar-refractivity contribution in [2.24, 2.45) is 0 Å². The van der Waals surface area contributed by atoms with E-state index in [1.807, 2.05) is 46.2 Å². The van der Waals surface area contributed by atoms with Crippen LogP contribution in [0.3, 0.4) is 0 Å². The van der Waals surface area contributed by atoms with Gasteiger partial charge in [-0.2, -0.15) is 5.10 Å². The molecule has 3 aromatic carbocycles. The number of carboxylic acids is 1. The molecule has 0 radical (unpaired) electrons. The van der Waals surface area contributed by atoms with Crippen LogP contribution in [0, 0.1) is 0 Å². The molecular formula is C33H33N3O4. The molecule has 7 heteroatoms. The summed E-state index contributed by atoms with van der Waals surface area (Å²) in [5.74, 6) is 0.171. The Balaban J connectivity index is 1.12. The van der Waals surface area contributed by atoms with Crippen LogP contribution in [0.2, 0.25) is 0 Å². The van der Waals surface area contributed by atoms with E-state index in [-0.39, 0.29) is 11.5 Å². The maximum absolute atomic E-state index is 13.3. The molecule has 0 bridgehead atoms. The standard InChI is InChI=1S/C33H33N3O4/c37-32(16-6-18-40-31-15-3-9-24-8-2-12-28(24)31)36-17-5-13-29-27(11-4-14-30(29)36)26-20-34-35(22-26)21-23-7-1-10-25(19-23)33(38)39/h1,3-4,7,9-11,14-15,19-20,22H,2,5-6,8,12-13,16-18,21H2,(H,38,39). The monoisotopic (exact) mass is 535 g/mol. The molecule has 0 spiro atoms. The third-order valence-corrected chi connectivity index (χ3v) is 7.91. The lowest BCUT2D eigenvalue weighted by Crippen LogP contribution is -2.35. The second-order valence-electron chi connectivity index (χ2n) is 10.6. The summed E-state index contributed by atoms with van der Waals surface area (Å²) < 4.78 is 7.91. The van der Waals surface area contributed by atoms with E-state index in [9.17, 15) is 14.7 Å². The lowest BCUT2D eigenvalue weighted by atomic mass is 9.93. The molecule has 0 saturated carbocycles. The first kappa shape index (κ1) is 25.9. The Morgan fingerprint density at radius 3 is 2.70 bits per heavy atom. The van der Waals surface area contributed by atoms with Crippen LogP contribution in [0.4, 0.5) is 5.69 Å². The zero-order chi connectivity index (χ0) is 27.5. The van der Waals surface area contributed by atoms with Gasteiger partial charge in [0.25, 0.3) is 0 Å². The van der Waals surface area contributed by atoms with Gasteiger partial charge in [0, 0.05) is 30.4 Å². The summed E-state index contributed by atoms with van der Waals surface area (Å²) in [5, 5.41) is 13.8. The number of rotatable bonds is 9. The van der Waals surface area contributed by atoms with E-state index in [2.05, 4.69) is 23.3 Å². The number of amides is 1. The summed E-state index contributed by atoms with van der Waals surface area (Å²) in [4.78, 5) is 26.6. The van der Waals surface area contributed by atoms with Gasteiger partial charge in [-0.3, -0.25) is 9.48 Å². The Morgan fingerprint density at radius 2 is 1.80 bits per heavy atom. The minimum absolute atomic E-state index is 0.133. The predicted octanol–water partition coefficient (Wildman–Crippen LogP) is 5.92. The van der Waals surface area contributed by atoms with Crippen LogP contribution >= 0.6 is 0 Å². The number of hydrogen-bond acceptors (Lipinski definition) is 4. The van der Waals surface area contributed by atoms with Crippen molar-refractivity contribution in [2.45, 2.75) is 51.5 Å². The molecule has 1 aromatic heterocycles. The first-order chi connectivity index (χ1) is 19.6. The Kier molecular flexibility index (Phi) is 7.36. The normalized spacial score (nSPS) is 14.1. The second-order valence-corrected chi connectivity index (χ2v) is 10.6. The highest BCUT2D eigenvalue weighted by Gasteiger charge is 2.25. The highest BCUT2D eigenvalue weighted by Crippen LogP contribution is 2.36. The number of carbonyl (C=O) groups excluding carboxylic acids is 1. The highest BCUT2D eigenvalue weighted by molar-refractivity contribution is 5.96. The summed E-state index contributed by atoms with van der Waals surface area (Å²) in [7, 11) is 0. The van der Waals surface area contributed by atoms with Crippen molar-refractivity contribution in [2.75, 3.05) is 18.1 Å². The summed E-state index contributed by atoms with van der Waals surface area (Å²) >= 11 is 0. The van der Waals surface area contributed by atoms with Crippen molar-refractivity contribution in [1.82, 2.24) is 9.78 Å². The Hall–Kier alpha value is -4.39. The minimum atomic E-state index is -0.940. The van der Waals surface area contributed by atoms with E-state index in [0.717, 1.165) is 60.4 Å². The Labute approximate surface area is 234 Å². The van der Waals surface area contributed by atoms with Crippen molar-refractivity contribution < 1.29 is 19.4 Å². The van der Waals surface area contributed by atoms with Crippen molar-refractivity contribution in [1.29, 1.82) is 0 Å². The van der Waals surface area contributed by atoms with E-state index in [1.54, 1.807) is 18.2 Å². The Bertz CT molecular complexity index is 1560. The number of aryl methyl sites for hydroxylation is 1. The number of carboxylic acid groups (broad SMARTS) is 1. The van der Waals surface area contributed by atoms with Gasteiger partial charge in [-0.1, -0.05) is 36.4 Å². The summed E-state index contributed by atoms with van der Waals surface area (Å²) in [6, 6.07) is 19.4. The average Bonchev–Trinajstić information content (AvgIpc) is 3.65. The molecule has 1 amide bonds. The van der Waals surface area contributed by atoms with Gasteiger partial charge in [-0.25, -0.2) is 4.79 Å². The summed E-state index contributed by atoms with van der Waals surface area (Å²) in [6.07, 6.45) is 10.2. The SMILES string of the molecule is O=C(O)c1cccc(Cn2cc(-c3cccc4c3CCCN4C(=O)CCCOc3cccc4c3CCC4)cn2)c1. The van der Waals surface area contributed by atoms with Gasteiger partial charge in [0.1, 0.15) is 5.75 Å². The van der Waals surface area contributed by atoms with Gasteiger partial charge in [-0.15, -0.1) is 0 Å². The Morgan fingerprint density at radius 1 is 0.950 bits per heavy atom. The molecule has 40 heavy (non-hydrogen) atoms. The fourth-order valence-corrected chi connectivity index (χ4v) is 5.99. The van der Waals surface area contributed by atoms with Gasteiger partial charge in [0.05, 0.1) is 24.9 Å². The fraction of sp³-hybridized carbons (Fsp3) is 0.303. The number of ether oxygens (including phenoxy) is 1. The topological polar surface area (TPSA) is 84.7 Å². The highest BCUT2D eigenvalue weighted by atomic mass is 16.5.